The van der Waals surface area contributed by atoms with E-state index in [-0.39, 0.29) is 5.49 Å². The van der Waals surface area contributed by atoms with E-state index in [4.69, 9.17) is 9.47 Å². The smallest absolute Gasteiger partial charge is 0.438 e. The van der Waals surface area contributed by atoms with Crippen LogP contribution in [0.15, 0.2) is 34.8 Å². The molecule has 2 aromatic rings. The molecule has 10 heteroatoms. The lowest BCUT2D eigenvalue weighted by molar-refractivity contribution is -0.391. The third-order valence-corrected chi connectivity index (χ3v) is 4.77. The van der Waals surface area contributed by atoms with Gasteiger partial charge in [0.2, 0.25) is 0 Å². The van der Waals surface area contributed by atoms with Gasteiger partial charge in [0.25, 0.3) is 5.49 Å². The van der Waals surface area contributed by atoms with Crippen molar-refractivity contribution in [1.29, 1.82) is 0 Å². The van der Waals surface area contributed by atoms with Gasteiger partial charge in [0, 0.05) is 12.6 Å². The summed E-state index contributed by atoms with van der Waals surface area (Å²) in [5.74, 6) is 0.562. The topological polar surface area (TPSA) is 117 Å². The van der Waals surface area contributed by atoms with E-state index >= 15 is 0 Å². The van der Waals surface area contributed by atoms with Crippen LogP contribution in [0.4, 0.5) is 5.82 Å². The first-order valence-corrected chi connectivity index (χ1v) is 9.28. The Morgan fingerprint density at radius 3 is 2.82 bits per heavy atom. The largest absolute Gasteiger partial charge is 0.486 e. The molecule has 28 heavy (non-hydrogen) atoms. The Morgan fingerprint density at radius 2 is 2.07 bits per heavy atom. The molecule has 1 aromatic heterocycles. The van der Waals surface area contributed by atoms with Gasteiger partial charge in [0.05, 0.1) is 5.10 Å². The number of nitro groups is 1. The molecule has 0 amide bonds. The van der Waals surface area contributed by atoms with E-state index < -0.39 is 10.7 Å². The maximum Gasteiger partial charge on any atom is 0.438 e. The Labute approximate surface area is 160 Å². The molecule has 0 radical (unpaired) electrons. The Kier molecular flexibility index (Phi) is 5.00. The van der Waals surface area contributed by atoms with Crippen LogP contribution in [-0.4, -0.2) is 44.6 Å². The van der Waals surface area contributed by atoms with Crippen LogP contribution in [0.2, 0.25) is 0 Å². The molecule has 148 valence electrons. The molecule has 0 fully saturated rings. The Morgan fingerprint density at radius 1 is 1.25 bits per heavy atom. The molecular weight excluding hydrogens is 366 g/mol. The predicted molar refractivity (Wildman–Crippen MR) is 98.0 cm³/mol. The monoisotopic (exact) mass is 387 g/mol. The van der Waals surface area contributed by atoms with Crippen LogP contribution in [-0.2, 0) is 0 Å². The fraction of sp³-hybridized carbons (Fsp3) is 0.444. The molecule has 1 N–H and O–H groups in total. The van der Waals surface area contributed by atoms with Gasteiger partial charge in [-0.25, -0.2) is 0 Å². The lowest BCUT2D eigenvalue weighted by atomic mass is 9.97. The summed E-state index contributed by atoms with van der Waals surface area (Å²) in [5.41, 5.74) is 1.52. The quantitative estimate of drug-likeness (QED) is 0.364. The summed E-state index contributed by atoms with van der Waals surface area (Å²) in [5, 5.41) is 25.8. The van der Waals surface area contributed by atoms with Crippen molar-refractivity contribution < 1.29 is 19.6 Å². The third-order valence-electron chi connectivity index (χ3n) is 4.77. The van der Waals surface area contributed by atoms with Gasteiger partial charge in [0.1, 0.15) is 18.9 Å². The van der Waals surface area contributed by atoms with E-state index in [2.05, 4.69) is 16.2 Å². The molecule has 0 bridgehead atoms. The first kappa shape index (κ1) is 18.1. The van der Waals surface area contributed by atoms with Gasteiger partial charge in [0.15, 0.2) is 11.5 Å². The molecule has 4 rings (SSSR count). The van der Waals surface area contributed by atoms with Crippen LogP contribution in [0.25, 0.3) is 5.69 Å². The average molecular weight is 387 g/mol. The minimum absolute atomic E-state index is 0.184. The van der Waals surface area contributed by atoms with E-state index in [1.54, 1.807) is 18.2 Å². The van der Waals surface area contributed by atoms with Crippen LogP contribution in [0.5, 0.6) is 11.5 Å². The highest BCUT2D eigenvalue weighted by molar-refractivity contribution is 5.48. The Balaban J connectivity index is 1.66. The molecule has 1 aromatic carbocycles. The summed E-state index contributed by atoms with van der Waals surface area (Å²) in [6.45, 7) is 1.21. The predicted octanol–water partition coefficient (Wildman–Crippen LogP) is 2.38. The zero-order chi connectivity index (χ0) is 19.5. The van der Waals surface area contributed by atoms with Crippen LogP contribution < -0.4 is 15.0 Å². The molecule has 0 atom stereocenters. The zero-order valence-corrected chi connectivity index (χ0v) is 15.3. The van der Waals surface area contributed by atoms with E-state index in [9.17, 15) is 15.3 Å². The van der Waals surface area contributed by atoms with Crippen molar-refractivity contribution >= 4 is 5.82 Å². The summed E-state index contributed by atoms with van der Waals surface area (Å²) >= 11 is 0. The first-order valence-electron chi connectivity index (χ1n) is 9.28. The SMILES string of the molecule is O=[N+]([O-])c1nn(-c2ccc3c(c2)OCCO3)n(O)c1=NCCC1=CCCCC1. The average Bonchev–Trinajstić information content (AvgIpc) is 3.05. The third kappa shape index (κ3) is 3.57. The summed E-state index contributed by atoms with van der Waals surface area (Å²) in [6, 6.07) is 4.91. The van der Waals surface area contributed by atoms with Crippen molar-refractivity contribution in [2.45, 2.75) is 32.1 Å². The normalized spacial score (nSPS) is 16.7. The molecule has 2 heterocycles. The fourth-order valence-electron chi connectivity index (χ4n) is 3.37. The molecule has 0 spiro atoms. The van der Waals surface area contributed by atoms with Gasteiger partial charge < -0.3 is 24.8 Å². The van der Waals surface area contributed by atoms with Crippen molar-refractivity contribution in [3.8, 4) is 17.2 Å². The highest BCUT2D eigenvalue weighted by Crippen LogP contribution is 2.31. The van der Waals surface area contributed by atoms with Gasteiger partial charge in [-0.3, -0.25) is 4.99 Å². The Hall–Kier alpha value is -3.30. The Bertz CT molecular complexity index is 991. The van der Waals surface area contributed by atoms with Crippen LogP contribution in [0.1, 0.15) is 32.1 Å². The number of aromatic nitrogens is 3. The van der Waals surface area contributed by atoms with Crippen LogP contribution >= 0.6 is 0 Å². The van der Waals surface area contributed by atoms with Crippen molar-refractivity contribution in [2.24, 2.45) is 4.99 Å². The van der Waals surface area contributed by atoms with E-state index in [0.29, 0.717) is 48.2 Å². The number of benzene rings is 1. The summed E-state index contributed by atoms with van der Waals surface area (Å²) in [4.78, 5) is 16.6. The summed E-state index contributed by atoms with van der Waals surface area (Å²) in [6.07, 6.45) is 7.38. The van der Waals surface area contributed by atoms with Gasteiger partial charge in [-0.1, -0.05) is 16.5 Å². The second-order valence-electron chi connectivity index (χ2n) is 6.65. The minimum atomic E-state index is -0.653. The molecule has 0 unspecified atom stereocenters. The minimum Gasteiger partial charge on any atom is -0.486 e. The maximum absolute atomic E-state index is 11.4. The van der Waals surface area contributed by atoms with E-state index in [0.717, 1.165) is 24.1 Å². The second-order valence-corrected chi connectivity index (χ2v) is 6.65. The van der Waals surface area contributed by atoms with Crippen LogP contribution in [0.3, 0.4) is 0 Å². The first-order chi connectivity index (χ1) is 13.6. The van der Waals surface area contributed by atoms with Crippen molar-refractivity contribution in [3.63, 3.8) is 0 Å². The van der Waals surface area contributed by atoms with E-state index in [1.165, 1.54) is 12.0 Å². The second kappa shape index (κ2) is 7.75. The summed E-state index contributed by atoms with van der Waals surface area (Å²) < 4.78 is 11.0. The molecule has 1 aliphatic heterocycles. The van der Waals surface area contributed by atoms with Crippen LogP contribution in [0, 0.1) is 10.1 Å². The number of nitrogens with zero attached hydrogens (tertiary/aromatic N) is 5. The van der Waals surface area contributed by atoms with Crippen molar-refractivity contribution in [3.05, 3.63) is 45.5 Å². The molecule has 0 saturated heterocycles. The van der Waals surface area contributed by atoms with Gasteiger partial charge >= 0.3 is 5.82 Å². The number of fused-ring (bicyclic) bond motifs is 1. The van der Waals surface area contributed by atoms with Gasteiger partial charge in [-0.2, -0.15) is 0 Å². The lowest BCUT2D eigenvalue weighted by Gasteiger charge is -2.18. The number of hydrogen-bond donors (Lipinski definition) is 1. The standard InChI is InChI=1S/C18H21N5O5/c24-22-17(19-9-8-13-4-2-1-3-5-13)18(23(25)26)20-21(22)14-6-7-15-16(12-14)28-11-10-27-15/h4,6-7,12,24H,1-3,5,8-11H2. The highest BCUT2D eigenvalue weighted by Gasteiger charge is 2.25. The number of rotatable bonds is 5. The van der Waals surface area contributed by atoms with Gasteiger partial charge in [-0.15, -0.1) is 0 Å². The van der Waals surface area contributed by atoms with Crippen molar-refractivity contribution in [2.75, 3.05) is 19.8 Å². The molecule has 0 saturated carbocycles. The number of ether oxygens (including phenoxy) is 2. The van der Waals surface area contributed by atoms with E-state index in [1.807, 2.05) is 0 Å². The molecule has 10 nitrogen and oxygen atoms in total. The summed E-state index contributed by atoms with van der Waals surface area (Å²) in [7, 11) is 0. The number of hydrogen-bond acceptors (Lipinski definition) is 7. The molecule has 1 aliphatic carbocycles. The van der Waals surface area contributed by atoms with Crippen molar-refractivity contribution in [1.82, 2.24) is 14.7 Å². The maximum atomic E-state index is 11.4. The molecule has 2 aliphatic rings. The zero-order valence-electron chi connectivity index (χ0n) is 15.3. The lowest BCUT2D eigenvalue weighted by Crippen LogP contribution is -2.23. The fourth-order valence-corrected chi connectivity index (χ4v) is 3.37. The number of allylic oxidation sites excluding steroid dienone is 1. The highest BCUT2D eigenvalue weighted by atomic mass is 16.6. The molecular formula is C18H21N5O5. The van der Waals surface area contributed by atoms with Gasteiger partial charge in [-0.05, 0) is 54.0 Å².